The number of carbonyl (C=O) groups excluding carboxylic acids is 1. The van der Waals surface area contributed by atoms with Crippen molar-refractivity contribution in [3.63, 3.8) is 0 Å². The molecule has 2 aromatic rings. The second-order valence-corrected chi connectivity index (χ2v) is 6.68. The zero-order valence-corrected chi connectivity index (χ0v) is 14.2. The molecule has 1 aromatic heterocycles. The Kier molecular flexibility index (Phi) is 5.60. The molecule has 0 aliphatic rings. The molecule has 0 spiro atoms. The summed E-state index contributed by atoms with van der Waals surface area (Å²) in [5.74, 6) is 0.391. The fourth-order valence-electron chi connectivity index (χ4n) is 2.09. The largest absolute Gasteiger partial charge is 0.325 e. The highest BCUT2D eigenvalue weighted by Gasteiger charge is 2.19. The van der Waals surface area contributed by atoms with Gasteiger partial charge in [-0.2, -0.15) is 0 Å². The van der Waals surface area contributed by atoms with E-state index in [2.05, 4.69) is 35.4 Å². The van der Waals surface area contributed by atoms with Crippen molar-refractivity contribution in [1.29, 1.82) is 0 Å². The van der Waals surface area contributed by atoms with Crippen molar-refractivity contribution < 1.29 is 4.79 Å². The summed E-state index contributed by atoms with van der Waals surface area (Å²) in [6, 6.07) is 7.99. The van der Waals surface area contributed by atoms with E-state index in [0.29, 0.717) is 5.92 Å². The molecule has 2 atom stereocenters. The van der Waals surface area contributed by atoms with Gasteiger partial charge in [0.25, 0.3) is 0 Å². The summed E-state index contributed by atoms with van der Waals surface area (Å²) in [7, 11) is 1.87. The van der Waals surface area contributed by atoms with Gasteiger partial charge in [-0.05, 0) is 30.9 Å². The lowest BCUT2D eigenvalue weighted by atomic mass is 9.97. The molecular formula is C16H22N4OS. The van der Waals surface area contributed by atoms with Gasteiger partial charge in [-0.25, -0.2) is 0 Å². The molecule has 0 aliphatic heterocycles. The number of anilines is 1. The van der Waals surface area contributed by atoms with Gasteiger partial charge in [0.2, 0.25) is 5.91 Å². The van der Waals surface area contributed by atoms with Crippen LogP contribution in [0, 0.1) is 0 Å². The van der Waals surface area contributed by atoms with E-state index < -0.39 is 0 Å². The van der Waals surface area contributed by atoms with Gasteiger partial charge in [-0.3, -0.25) is 4.79 Å². The first-order chi connectivity index (χ1) is 10.5. The molecule has 118 valence electrons. The van der Waals surface area contributed by atoms with Crippen LogP contribution in [0.5, 0.6) is 0 Å². The molecule has 0 fully saturated rings. The predicted octanol–water partition coefficient (Wildman–Crippen LogP) is 3.45. The number of rotatable bonds is 6. The number of aryl methyl sites for hydroxylation is 1. The number of amides is 1. The van der Waals surface area contributed by atoms with E-state index in [1.807, 2.05) is 36.7 Å². The van der Waals surface area contributed by atoms with Crippen molar-refractivity contribution in [2.75, 3.05) is 5.32 Å². The van der Waals surface area contributed by atoms with Gasteiger partial charge < -0.3 is 9.88 Å². The molecule has 0 saturated heterocycles. The van der Waals surface area contributed by atoms with Crippen LogP contribution in [0.4, 0.5) is 5.69 Å². The minimum absolute atomic E-state index is 0.0243. The highest BCUT2D eigenvalue weighted by atomic mass is 32.2. The zero-order chi connectivity index (χ0) is 16.1. The van der Waals surface area contributed by atoms with E-state index in [1.54, 1.807) is 6.33 Å². The van der Waals surface area contributed by atoms with Gasteiger partial charge in [-0.15, -0.1) is 10.2 Å². The van der Waals surface area contributed by atoms with Crippen molar-refractivity contribution in [2.45, 2.75) is 43.5 Å². The molecule has 1 aromatic carbocycles. The topological polar surface area (TPSA) is 59.8 Å². The first-order valence-corrected chi connectivity index (χ1v) is 8.31. The molecule has 1 heterocycles. The van der Waals surface area contributed by atoms with Gasteiger partial charge in [0.1, 0.15) is 6.33 Å². The number of nitrogens with one attached hydrogen (secondary N) is 1. The summed E-state index contributed by atoms with van der Waals surface area (Å²) >= 11 is 1.40. The number of benzene rings is 1. The van der Waals surface area contributed by atoms with Crippen LogP contribution >= 0.6 is 11.8 Å². The van der Waals surface area contributed by atoms with E-state index in [0.717, 1.165) is 17.3 Å². The summed E-state index contributed by atoms with van der Waals surface area (Å²) in [6.45, 7) is 6.19. The minimum Gasteiger partial charge on any atom is -0.325 e. The van der Waals surface area contributed by atoms with Crippen molar-refractivity contribution >= 4 is 23.4 Å². The monoisotopic (exact) mass is 318 g/mol. The van der Waals surface area contributed by atoms with Gasteiger partial charge in [0.05, 0.1) is 5.25 Å². The lowest BCUT2D eigenvalue weighted by Crippen LogP contribution is -2.23. The van der Waals surface area contributed by atoms with Gasteiger partial charge in [-0.1, -0.05) is 43.8 Å². The normalized spacial score (nSPS) is 13.6. The van der Waals surface area contributed by atoms with Gasteiger partial charge >= 0.3 is 0 Å². The maximum atomic E-state index is 12.4. The third kappa shape index (κ3) is 3.88. The predicted molar refractivity (Wildman–Crippen MR) is 90.1 cm³/mol. The molecule has 1 amide bonds. The summed E-state index contributed by atoms with van der Waals surface area (Å²) < 4.78 is 1.81. The van der Waals surface area contributed by atoms with E-state index in [-0.39, 0.29) is 11.2 Å². The number of hydrogen-bond donors (Lipinski definition) is 1. The van der Waals surface area contributed by atoms with Crippen molar-refractivity contribution in [3.05, 3.63) is 36.2 Å². The van der Waals surface area contributed by atoms with Crippen LogP contribution in [-0.4, -0.2) is 25.9 Å². The molecule has 22 heavy (non-hydrogen) atoms. The molecule has 1 N–H and O–H groups in total. The van der Waals surface area contributed by atoms with Crippen LogP contribution < -0.4 is 5.32 Å². The molecule has 5 nitrogen and oxygen atoms in total. The summed E-state index contributed by atoms with van der Waals surface area (Å²) in [4.78, 5) is 12.4. The van der Waals surface area contributed by atoms with Gasteiger partial charge in [0.15, 0.2) is 5.16 Å². The Morgan fingerprint density at radius 2 is 2.09 bits per heavy atom. The van der Waals surface area contributed by atoms with Crippen LogP contribution in [0.3, 0.4) is 0 Å². The lowest BCUT2D eigenvalue weighted by molar-refractivity contribution is -0.115. The first-order valence-electron chi connectivity index (χ1n) is 7.43. The Bertz CT molecular complexity index is 641. The molecular weight excluding hydrogens is 296 g/mol. The second kappa shape index (κ2) is 7.45. The minimum atomic E-state index is -0.243. The fourth-order valence-corrected chi connectivity index (χ4v) is 2.88. The zero-order valence-electron chi connectivity index (χ0n) is 13.4. The molecule has 0 bridgehead atoms. The second-order valence-electron chi connectivity index (χ2n) is 5.37. The third-order valence-electron chi connectivity index (χ3n) is 3.68. The van der Waals surface area contributed by atoms with Crippen LogP contribution in [0.2, 0.25) is 0 Å². The smallest absolute Gasteiger partial charge is 0.237 e. The summed E-state index contributed by atoms with van der Waals surface area (Å²) in [5.41, 5.74) is 2.07. The van der Waals surface area contributed by atoms with Crippen molar-refractivity contribution in [1.82, 2.24) is 14.8 Å². The Hall–Kier alpha value is -1.82. The maximum Gasteiger partial charge on any atom is 0.237 e. The number of carbonyl (C=O) groups is 1. The van der Waals surface area contributed by atoms with Crippen molar-refractivity contribution in [2.24, 2.45) is 7.05 Å². The molecule has 2 rings (SSSR count). The maximum absolute atomic E-state index is 12.4. The van der Waals surface area contributed by atoms with Crippen LogP contribution in [0.15, 0.2) is 35.7 Å². The average molecular weight is 318 g/mol. The standard InChI is InChI=1S/C16H22N4OS/c1-5-11(2)13-8-6-7-9-14(13)18-15(21)12(3)22-16-19-17-10-20(16)4/h6-12H,5H2,1-4H3,(H,18,21)/t11-,12+/m1/s1. The average Bonchev–Trinajstić information content (AvgIpc) is 2.92. The van der Waals surface area contributed by atoms with Crippen molar-refractivity contribution in [3.8, 4) is 0 Å². The van der Waals surface area contributed by atoms with Crippen LogP contribution in [0.1, 0.15) is 38.7 Å². The number of hydrogen-bond acceptors (Lipinski definition) is 4. The Morgan fingerprint density at radius 1 is 1.36 bits per heavy atom. The fraction of sp³-hybridized carbons (Fsp3) is 0.438. The van der Waals surface area contributed by atoms with Crippen LogP contribution in [-0.2, 0) is 11.8 Å². The Morgan fingerprint density at radius 3 is 2.73 bits per heavy atom. The molecule has 0 saturated carbocycles. The summed E-state index contributed by atoms with van der Waals surface area (Å²) in [6.07, 6.45) is 2.67. The highest BCUT2D eigenvalue weighted by molar-refractivity contribution is 8.00. The first kappa shape index (κ1) is 16.5. The molecule has 0 aliphatic carbocycles. The lowest BCUT2D eigenvalue weighted by Gasteiger charge is -2.17. The Labute approximate surface area is 135 Å². The number of thioether (sulfide) groups is 1. The van der Waals surface area contributed by atoms with E-state index in [1.165, 1.54) is 17.3 Å². The SMILES string of the molecule is CC[C@@H](C)c1ccccc1NC(=O)[C@H](C)Sc1nncn1C. The molecule has 6 heteroatoms. The van der Waals surface area contributed by atoms with Gasteiger partial charge in [0, 0.05) is 12.7 Å². The third-order valence-corrected chi connectivity index (χ3v) is 4.83. The number of para-hydroxylation sites is 1. The highest BCUT2D eigenvalue weighted by Crippen LogP contribution is 2.28. The van der Waals surface area contributed by atoms with Crippen LogP contribution in [0.25, 0.3) is 0 Å². The molecule has 0 radical (unpaired) electrons. The van der Waals surface area contributed by atoms with E-state index in [9.17, 15) is 4.79 Å². The number of aromatic nitrogens is 3. The van der Waals surface area contributed by atoms with E-state index >= 15 is 0 Å². The van der Waals surface area contributed by atoms with E-state index in [4.69, 9.17) is 0 Å². The number of nitrogens with zero attached hydrogens (tertiary/aromatic N) is 3. The summed E-state index contributed by atoms with van der Waals surface area (Å²) in [5, 5.41) is 11.4. The molecule has 0 unspecified atom stereocenters. The Balaban J connectivity index is 2.07. The quantitative estimate of drug-likeness (QED) is 0.829.